The molecule has 1 aromatic heterocycles. The predicted molar refractivity (Wildman–Crippen MR) is 77.7 cm³/mol. The minimum Gasteiger partial charge on any atom is -0.128 e. The third kappa shape index (κ3) is 3.48. The third-order valence-corrected chi connectivity index (χ3v) is 4.40. The molecule has 1 unspecified atom stereocenters. The van der Waals surface area contributed by atoms with Crippen LogP contribution in [0.4, 0.5) is 0 Å². The number of thiophene rings is 1. The number of benzene rings is 1. The molecule has 0 aliphatic carbocycles. The maximum atomic E-state index is 6.08. The summed E-state index contributed by atoms with van der Waals surface area (Å²) in [4.78, 5) is 1.29. The fourth-order valence-electron chi connectivity index (χ4n) is 1.89. The Morgan fingerprint density at radius 2 is 2.06 bits per heavy atom. The van der Waals surface area contributed by atoms with Crippen molar-refractivity contribution in [2.24, 2.45) is 0 Å². The normalized spacial score (nSPS) is 12.6. The Labute approximate surface area is 116 Å². The van der Waals surface area contributed by atoms with E-state index < -0.39 is 0 Å². The molecule has 0 aliphatic heterocycles. The summed E-state index contributed by atoms with van der Waals surface area (Å²) in [5, 5.41) is 0. The largest absolute Gasteiger partial charge is 0.128 e. The van der Waals surface area contributed by atoms with Crippen LogP contribution in [0.5, 0.6) is 0 Å². The fraction of sp³-hybridized carbons (Fsp3) is 0.286. The summed E-state index contributed by atoms with van der Waals surface area (Å²) >= 11 is 13.7. The predicted octanol–water partition coefficient (Wildman–Crippen LogP) is 5.28. The van der Waals surface area contributed by atoms with Gasteiger partial charge < -0.3 is 0 Å². The molecule has 2 aromatic rings. The highest BCUT2D eigenvalue weighted by molar-refractivity contribution is 7.16. The van der Waals surface area contributed by atoms with Crippen LogP contribution in [0.1, 0.15) is 21.9 Å². The second-order valence-electron chi connectivity index (χ2n) is 4.18. The van der Waals surface area contributed by atoms with Crippen molar-refractivity contribution in [3.05, 3.63) is 56.7 Å². The van der Waals surface area contributed by atoms with Gasteiger partial charge in [0.2, 0.25) is 0 Å². The molecule has 0 spiro atoms. The first-order valence-electron chi connectivity index (χ1n) is 5.56. The summed E-state index contributed by atoms with van der Waals surface area (Å²) in [6.45, 7) is 2.11. The molecular weight excluding hydrogens is 271 g/mol. The van der Waals surface area contributed by atoms with Crippen LogP contribution < -0.4 is 0 Å². The average molecular weight is 285 g/mol. The smallest absolute Gasteiger partial charge is 0.0931 e. The van der Waals surface area contributed by atoms with Gasteiger partial charge in [-0.2, -0.15) is 0 Å². The zero-order chi connectivity index (χ0) is 12.3. The lowest BCUT2D eigenvalue weighted by molar-refractivity contribution is 0.775. The summed E-state index contributed by atoms with van der Waals surface area (Å²) in [5.74, 6) is 1.00. The van der Waals surface area contributed by atoms with Crippen molar-refractivity contribution in [1.82, 2.24) is 0 Å². The second kappa shape index (κ2) is 5.90. The van der Waals surface area contributed by atoms with Gasteiger partial charge in [-0.1, -0.05) is 41.4 Å². The van der Waals surface area contributed by atoms with Gasteiger partial charge in [-0.15, -0.1) is 22.9 Å². The SMILES string of the molecule is Cc1cccc(C(CCl)Cc2ccc(Cl)s2)c1. The molecule has 0 saturated carbocycles. The first kappa shape index (κ1) is 12.9. The first-order valence-corrected chi connectivity index (χ1v) is 7.28. The molecule has 0 nitrogen and oxygen atoms in total. The molecule has 0 fully saturated rings. The number of hydrogen-bond acceptors (Lipinski definition) is 1. The van der Waals surface area contributed by atoms with Crippen LogP contribution >= 0.6 is 34.5 Å². The molecule has 17 heavy (non-hydrogen) atoms. The van der Waals surface area contributed by atoms with Crippen LogP contribution in [-0.4, -0.2) is 5.88 Å². The van der Waals surface area contributed by atoms with Crippen molar-refractivity contribution in [2.75, 3.05) is 5.88 Å². The second-order valence-corrected chi connectivity index (χ2v) is 6.28. The maximum absolute atomic E-state index is 6.08. The van der Waals surface area contributed by atoms with Gasteiger partial charge in [0.05, 0.1) is 4.34 Å². The fourth-order valence-corrected chi connectivity index (χ4v) is 3.34. The number of hydrogen-bond donors (Lipinski definition) is 0. The van der Waals surface area contributed by atoms with E-state index in [9.17, 15) is 0 Å². The standard InChI is InChI=1S/C14H14Cl2S/c1-10-3-2-4-11(7-10)12(9-15)8-13-5-6-14(16)17-13/h2-7,12H,8-9H2,1H3. The van der Waals surface area contributed by atoms with Gasteiger partial charge >= 0.3 is 0 Å². The molecule has 0 N–H and O–H groups in total. The van der Waals surface area contributed by atoms with E-state index in [1.807, 2.05) is 6.07 Å². The minimum absolute atomic E-state index is 0.367. The Balaban J connectivity index is 2.16. The summed E-state index contributed by atoms with van der Waals surface area (Å²) in [7, 11) is 0. The highest BCUT2D eigenvalue weighted by atomic mass is 35.5. The molecule has 0 saturated heterocycles. The van der Waals surface area contributed by atoms with Gasteiger partial charge in [0.1, 0.15) is 0 Å². The molecule has 0 amide bonds. The van der Waals surface area contributed by atoms with Gasteiger partial charge in [0.15, 0.2) is 0 Å². The summed E-state index contributed by atoms with van der Waals surface area (Å²) in [6.07, 6.45) is 0.963. The number of halogens is 2. The molecule has 90 valence electrons. The maximum Gasteiger partial charge on any atom is 0.0931 e. The molecule has 3 heteroatoms. The lowest BCUT2D eigenvalue weighted by Gasteiger charge is -2.13. The van der Waals surface area contributed by atoms with Crippen LogP contribution in [-0.2, 0) is 6.42 Å². The van der Waals surface area contributed by atoms with E-state index in [0.717, 1.165) is 10.8 Å². The van der Waals surface area contributed by atoms with E-state index in [1.165, 1.54) is 16.0 Å². The molecular formula is C14H14Cl2S. The number of aryl methyl sites for hydroxylation is 1. The Morgan fingerprint density at radius 3 is 2.65 bits per heavy atom. The van der Waals surface area contributed by atoms with Crippen LogP contribution in [0.3, 0.4) is 0 Å². The van der Waals surface area contributed by atoms with E-state index in [4.69, 9.17) is 23.2 Å². The van der Waals surface area contributed by atoms with E-state index in [1.54, 1.807) is 11.3 Å². The van der Waals surface area contributed by atoms with Gasteiger partial charge in [-0.25, -0.2) is 0 Å². The Morgan fingerprint density at radius 1 is 1.24 bits per heavy atom. The molecule has 1 atom stereocenters. The zero-order valence-electron chi connectivity index (χ0n) is 9.62. The topological polar surface area (TPSA) is 0 Å². The highest BCUT2D eigenvalue weighted by Crippen LogP contribution is 2.28. The van der Waals surface area contributed by atoms with Crippen LogP contribution in [0, 0.1) is 6.92 Å². The van der Waals surface area contributed by atoms with Crippen molar-refractivity contribution >= 4 is 34.5 Å². The van der Waals surface area contributed by atoms with Gasteiger partial charge in [-0.3, -0.25) is 0 Å². The average Bonchev–Trinajstić information content (AvgIpc) is 2.72. The Hall–Kier alpha value is -0.500. The van der Waals surface area contributed by atoms with E-state index >= 15 is 0 Å². The van der Waals surface area contributed by atoms with Crippen molar-refractivity contribution in [3.8, 4) is 0 Å². The molecule has 1 heterocycles. The highest BCUT2D eigenvalue weighted by Gasteiger charge is 2.12. The van der Waals surface area contributed by atoms with Gasteiger partial charge in [0, 0.05) is 16.7 Å². The quantitative estimate of drug-likeness (QED) is 0.671. The first-order chi connectivity index (χ1) is 8.19. The van der Waals surface area contributed by atoms with Gasteiger partial charge in [-0.05, 0) is 31.0 Å². The van der Waals surface area contributed by atoms with Crippen molar-refractivity contribution in [2.45, 2.75) is 19.3 Å². The van der Waals surface area contributed by atoms with Crippen molar-refractivity contribution in [3.63, 3.8) is 0 Å². The Kier molecular flexibility index (Phi) is 4.49. The summed E-state index contributed by atoms with van der Waals surface area (Å²) in [6, 6.07) is 12.6. The van der Waals surface area contributed by atoms with Crippen LogP contribution in [0.25, 0.3) is 0 Å². The molecule has 0 radical (unpaired) electrons. The number of rotatable bonds is 4. The lowest BCUT2D eigenvalue weighted by atomic mass is 9.95. The summed E-state index contributed by atoms with van der Waals surface area (Å²) < 4.78 is 0.845. The van der Waals surface area contributed by atoms with Crippen LogP contribution in [0.15, 0.2) is 36.4 Å². The lowest BCUT2D eigenvalue weighted by Crippen LogP contribution is -2.03. The third-order valence-electron chi connectivity index (χ3n) is 2.78. The molecule has 1 aromatic carbocycles. The van der Waals surface area contributed by atoms with Crippen molar-refractivity contribution in [1.29, 1.82) is 0 Å². The summed E-state index contributed by atoms with van der Waals surface area (Å²) in [5.41, 5.74) is 2.59. The van der Waals surface area contributed by atoms with E-state index in [0.29, 0.717) is 11.8 Å². The number of alkyl halides is 1. The van der Waals surface area contributed by atoms with Gasteiger partial charge in [0.25, 0.3) is 0 Å². The molecule has 2 rings (SSSR count). The Bertz CT molecular complexity index is 490. The monoisotopic (exact) mass is 284 g/mol. The van der Waals surface area contributed by atoms with Crippen molar-refractivity contribution < 1.29 is 0 Å². The molecule has 0 bridgehead atoms. The minimum atomic E-state index is 0.367. The van der Waals surface area contributed by atoms with E-state index in [-0.39, 0.29) is 0 Å². The van der Waals surface area contributed by atoms with Crippen LogP contribution in [0.2, 0.25) is 4.34 Å². The zero-order valence-corrected chi connectivity index (χ0v) is 11.9. The molecule has 0 aliphatic rings. The van der Waals surface area contributed by atoms with E-state index in [2.05, 4.69) is 37.3 Å².